The largest absolute Gasteiger partial charge is 0.305 e. The summed E-state index contributed by atoms with van der Waals surface area (Å²) in [5, 5.41) is 3.36. The van der Waals surface area contributed by atoms with Gasteiger partial charge in [-0.25, -0.2) is 4.98 Å². The summed E-state index contributed by atoms with van der Waals surface area (Å²) in [6, 6.07) is 11.2. The van der Waals surface area contributed by atoms with Gasteiger partial charge in [0.15, 0.2) is 0 Å². The van der Waals surface area contributed by atoms with E-state index in [1.807, 2.05) is 36.5 Å². The fraction of sp³-hybridized carbons (Fsp3) is 0.188. The average Bonchev–Trinajstić information content (AvgIpc) is 2.53. The average molecular weight is 280 g/mol. The van der Waals surface area contributed by atoms with Crippen LogP contribution in [0.5, 0.6) is 0 Å². The van der Waals surface area contributed by atoms with Crippen molar-refractivity contribution in [3.8, 4) is 0 Å². The third-order valence-electron chi connectivity index (χ3n) is 3.40. The highest BCUT2D eigenvalue weighted by Crippen LogP contribution is 2.10. The highest BCUT2D eigenvalue weighted by atomic mass is 16.1. The van der Waals surface area contributed by atoms with E-state index in [1.165, 1.54) is 4.40 Å². The van der Waals surface area contributed by atoms with Crippen LogP contribution in [0.4, 0.5) is 0 Å². The molecule has 3 aromatic rings. The van der Waals surface area contributed by atoms with Crippen LogP contribution < -0.4 is 10.9 Å². The molecule has 0 fully saturated rings. The monoisotopic (exact) mass is 280 g/mol. The van der Waals surface area contributed by atoms with Gasteiger partial charge in [-0.05, 0) is 30.7 Å². The summed E-state index contributed by atoms with van der Waals surface area (Å²) >= 11 is 0. The minimum absolute atomic E-state index is 0.0635. The molecule has 3 heterocycles. The standard InChI is InChI=1S/C16H16N4O/c1-12(13-5-4-7-17-10-13)18-11-14-9-16(21)20-8-3-2-6-15(20)19-14/h2-10,12,18H,11H2,1H3. The number of nitrogens with zero attached hydrogens (tertiary/aromatic N) is 3. The smallest absolute Gasteiger partial charge is 0.258 e. The summed E-state index contributed by atoms with van der Waals surface area (Å²) in [5.41, 5.74) is 2.44. The fourth-order valence-electron chi connectivity index (χ4n) is 2.20. The molecule has 1 unspecified atom stereocenters. The maximum atomic E-state index is 12.0. The van der Waals surface area contributed by atoms with E-state index in [9.17, 15) is 4.79 Å². The molecule has 106 valence electrons. The van der Waals surface area contributed by atoms with Gasteiger partial charge in [0.25, 0.3) is 5.56 Å². The van der Waals surface area contributed by atoms with Crippen LogP contribution in [0.25, 0.3) is 5.65 Å². The van der Waals surface area contributed by atoms with Crippen LogP contribution in [-0.4, -0.2) is 14.4 Å². The van der Waals surface area contributed by atoms with Crippen LogP contribution in [0.1, 0.15) is 24.2 Å². The van der Waals surface area contributed by atoms with Crippen molar-refractivity contribution >= 4 is 5.65 Å². The van der Waals surface area contributed by atoms with Crippen molar-refractivity contribution in [3.05, 3.63) is 76.6 Å². The predicted molar refractivity (Wildman–Crippen MR) is 81.0 cm³/mol. The van der Waals surface area contributed by atoms with E-state index in [-0.39, 0.29) is 11.6 Å². The summed E-state index contributed by atoms with van der Waals surface area (Å²) in [6.45, 7) is 2.60. The molecule has 0 saturated heterocycles. The van der Waals surface area contributed by atoms with Crippen LogP contribution in [0.2, 0.25) is 0 Å². The fourth-order valence-corrected chi connectivity index (χ4v) is 2.20. The van der Waals surface area contributed by atoms with Crippen molar-refractivity contribution in [2.24, 2.45) is 0 Å². The molecule has 0 radical (unpaired) electrons. The first-order chi connectivity index (χ1) is 10.2. The van der Waals surface area contributed by atoms with Gasteiger partial charge in [0.2, 0.25) is 0 Å². The van der Waals surface area contributed by atoms with Crippen LogP contribution in [0.3, 0.4) is 0 Å². The Hall–Kier alpha value is -2.53. The highest BCUT2D eigenvalue weighted by Gasteiger charge is 2.06. The maximum absolute atomic E-state index is 12.0. The minimum atomic E-state index is -0.0635. The first-order valence-electron chi connectivity index (χ1n) is 6.84. The summed E-state index contributed by atoms with van der Waals surface area (Å²) in [7, 11) is 0. The Morgan fingerprint density at radius 3 is 3.00 bits per heavy atom. The van der Waals surface area contributed by atoms with E-state index in [4.69, 9.17) is 0 Å². The van der Waals surface area contributed by atoms with Crippen molar-refractivity contribution in [1.82, 2.24) is 19.7 Å². The molecule has 0 amide bonds. The number of nitrogens with one attached hydrogen (secondary N) is 1. The first kappa shape index (κ1) is 13.5. The Bertz CT molecular complexity index is 798. The number of rotatable bonds is 4. The molecule has 0 aliphatic heterocycles. The molecule has 3 rings (SSSR count). The molecule has 0 bridgehead atoms. The normalized spacial score (nSPS) is 12.4. The quantitative estimate of drug-likeness (QED) is 0.793. The number of hydrogen-bond acceptors (Lipinski definition) is 4. The zero-order chi connectivity index (χ0) is 14.7. The zero-order valence-electron chi connectivity index (χ0n) is 11.7. The summed E-state index contributed by atoms with van der Waals surface area (Å²) in [6.07, 6.45) is 5.31. The van der Waals surface area contributed by atoms with Crippen molar-refractivity contribution in [2.75, 3.05) is 0 Å². The van der Waals surface area contributed by atoms with Crippen LogP contribution in [0.15, 0.2) is 59.8 Å². The van der Waals surface area contributed by atoms with Crippen molar-refractivity contribution in [2.45, 2.75) is 19.5 Å². The van der Waals surface area contributed by atoms with Gasteiger partial charge >= 0.3 is 0 Å². The Kier molecular flexibility index (Phi) is 3.75. The van der Waals surface area contributed by atoms with Crippen LogP contribution in [0, 0.1) is 0 Å². The third kappa shape index (κ3) is 2.98. The zero-order valence-corrected chi connectivity index (χ0v) is 11.7. The van der Waals surface area contributed by atoms with E-state index < -0.39 is 0 Å². The number of fused-ring (bicyclic) bond motifs is 1. The van der Waals surface area contributed by atoms with Gasteiger partial charge in [-0.1, -0.05) is 12.1 Å². The second-order valence-corrected chi connectivity index (χ2v) is 4.90. The minimum Gasteiger partial charge on any atom is -0.305 e. The van der Waals surface area contributed by atoms with Gasteiger partial charge in [0.1, 0.15) is 5.65 Å². The van der Waals surface area contributed by atoms with Gasteiger partial charge in [-0.15, -0.1) is 0 Å². The SMILES string of the molecule is CC(NCc1cc(=O)n2ccccc2n1)c1cccnc1. The first-order valence-corrected chi connectivity index (χ1v) is 6.84. The molecular formula is C16H16N4O. The van der Waals surface area contributed by atoms with E-state index in [0.29, 0.717) is 12.2 Å². The lowest BCUT2D eigenvalue weighted by molar-refractivity contribution is 0.566. The van der Waals surface area contributed by atoms with Crippen molar-refractivity contribution in [1.29, 1.82) is 0 Å². The van der Waals surface area contributed by atoms with Crippen LogP contribution in [-0.2, 0) is 6.54 Å². The second-order valence-electron chi connectivity index (χ2n) is 4.90. The summed E-state index contributed by atoms with van der Waals surface area (Å²) < 4.78 is 1.54. The lowest BCUT2D eigenvalue weighted by Crippen LogP contribution is -2.22. The lowest BCUT2D eigenvalue weighted by Gasteiger charge is -2.13. The molecule has 0 aromatic carbocycles. The van der Waals surface area contributed by atoms with Crippen LogP contribution >= 0.6 is 0 Å². The maximum Gasteiger partial charge on any atom is 0.258 e. The summed E-state index contributed by atoms with van der Waals surface area (Å²) in [4.78, 5) is 20.6. The van der Waals surface area contributed by atoms with E-state index in [1.54, 1.807) is 18.5 Å². The van der Waals surface area contributed by atoms with Gasteiger partial charge in [-0.2, -0.15) is 0 Å². The topological polar surface area (TPSA) is 59.3 Å². The Balaban J connectivity index is 1.78. The molecule has 5 nitrogen and oxygen atoms in total. The molecule has 0 spiro atoms. The predicted octanol–water partition coefficient (Wildman–Crippen LogP) is 1.94. The molecule has 21 heavy (non-hydrogen) atoms. The molecule has 0 aliphatic rings. The lowest BCUT2D eigenvalue weighted by atomic mass is 10.1. The molecule has 3 aromatic heterocycles. The van der Waals surface area contributed by atoms with E-state index in [0.717, 1.165) is 11.3 Å². The van der Waals surface area contributed by atoms with Gasteiger partial charge in [-0.3, -0.25) is 14.2 Å². The van der Waals surface area contributed by atoms with Crippen molar-refractivity contribution < 1.29 is 0 Å². The molecule has 5 heteroatoms. The Morgan fingerprint density at radius 2 is 2.19 bits per heavy atom. The number of aromatic nitrogens is 3. The number of pyridine rings is 2. The summed E-state index contributed by atoms with van der Waals surface area (Å²) in [5.74, 6) is 0. The van der Waals surface area contributed by atoms with E-state index >= 15 is 0 Å². The van der Waals surface area contributed by atoms with Gasteiger partial charge < -0.3 is 5.32 Å². The Labute approximate surface area is 122 Å². The number of hydrogen-bond donors (Lipinski definition) is 1. The molecule has 0 saturated carbocycles. The molecule has 0 aliphatic carbocycles. The molecular weight excluding hydrogens is 264 g/mol. The van der Waals surface area contributed by atoms with Gasteiger partial charge in [0, 0.05) is 37.2 Å². The van der Waals surface area contributed by atoms with Gasteiger partial charge in [0.05, 0.1) is 5.69 Å². The third-order valence-corrected chi connectivity index (χ3v) is 3.40. The Morgan fingerprint density at radius 1 is 1.29 bits per heavy atom. The molecule has 1 N–H and O–H groups in total. The second kappa shape index (κ2) is 5.85. The molecule has 1 atom stereocenters. The van der Waals surface area contributed by atoms with Crippen molar-refractivity contribution in [3.63, 3.8) is 0 Å². The highest BCUT2D eigenvalue weighted by molar-refractivity contribution is 5.38. The van der Waals surface area contributed by atoms with E-state index in [2.05, 4.69) is 22.2 Å².